The second kappa shape index (κ2) is 7.93. The number of carbonyl (C=O) groups is 1. The van der Waals surface area contributed by atoms with E-state index in [-0.39, 0.29) is 17.2 Å². The van der Waals surface area contributed by atoms with Gasteiger partial charge in [0.25, 0.3) is 0 Å². The van der Waals surface area contributed by atoms with Gasteiger partial charge in [-0.2, -0.15) is 0 Å². The first kappa shape index (κ1) is 18.0. The topological polar surface area (TPSA) is 64.4 Å². The number of nitrogens with two attached hydrogens (primary N) is 1. The molecule has 4 heteroatoms. The maximum absolute atomic E-state index is 12.1. The van der Waals surface area contributed by atoms with Gasteiger partial charge in [-0.1, -0.05) is 45.0 Å². The van der Waals surface area contributed by atoms with Gasteiger partial charge in [-0.3, -0.25) is 4.79 Å². The average molecular weight is 318 g/mol. The summed E-state index contributed by atoms with van der Waals surface area (Å²) < 4.78 is 5.31. The van der Waals surface area contributed by atoms with Crippen LogP contribution in [0.4, 0.5) is 0 Å². The van der Waals surface area contributed by atoms with Crippen LogP contribution in [-0.2, 0) is 21.4 Å². The fourth-order valence-corrected chi connectivity index (χ4v) is 2.91. The lowest BCUT2D eigenvalue weighted by atomic mass is 9.86. The van der Waals surface area contributed by atoms with E-state index in [9.17, 15) is 4.79 Å². The lowest BCUT2D eigenvalue weighted by Gasteiger charge is -2.26. The zero-order valence-electron chi connectivity index (χ0n) is 14.6. The van der Waals surface area contributed by atoms with Crippen LogP contribution < -0.4 is 11.1 Å². The van der Waals surface area contributed by atoms with Crippen molar-refractivity contribution >= 4 is 5.91 Å². The summed E-state index contributed by atoms with van der Waals surface area (Å²) in [5.41, 5.74) is 8.80. The molecule has 0 radical (unpaired) electrons. The Morgan fingerprint density at radius 3 is 2.43 bits per heavy atom. The van der Waals surface area contributed by atoms with E-state index in [0.717, 1.165) is 19.3 Å². The third-order valence-corrected chi connectivity index (χ3v) is 4.61. The van der Waals surface area contributed by atoms with Crippen molar-refractivity contribution in [3.63, 3.8) is 0 Å². The molecule has 23 heavy (non-hydrogen) atoms. The molecule has 0 bridgehead atoms. The Morgan fingerprint density at radius 1 is 1.26 bits per heavy atom. The van der Waals surface area contributed by atoms with Gasteiger partial charge in [0.1, 0.15) is 0 Å². The summed E-state index contributed by atoms with van der Waals surface area (Å²) in [6, 6.07) is 8.22. The Hall–Kier alpha value is -1.39. The van der Waals surface area contributed by atoms with E-state index in [1.54, 1.807) is 0 Å². The second-order valence-corrected chi connectivity index (χ2v) is 7.46. The molecule has 1 amide bonds. The van der Waals surface area contributed by atoms with Crippen LogP contribution in [0.5, 0.6) is 0 Å². The Kier molecular flexibility index (Phi) is 6.19. The normalized spacial score (nSPS) is 17.7. The highest BCUT2D eigenvalue weighted by molar-refractivity contribution is 5.81. The van der Waals surface area contributed by atoms with Crippen molar-refractivity contribution in [3.8, 4) is 0 Å². The summed E-state index contributed by atoms with van der Waals surface area (Å²) in [5, 5.41) is 2.97. The third-order valence-electron chi connectivity index (χ3n) is 4.61. The van der Waals surface area contributed by atoms with Crippen molar-refractivity contribution < 1.29 is 9.53 Å². The van der Waals surface area contributed by atoms with Gasteiger partial charge in [0.05, 0.1) is 6.04 Å². The van der Waals surface area contributed by atoms with Gasteiger partial charge in [0.15, 0.2) is 0 Å². The maximum Gasteiger partial charge on any atom is 0.237 e. The molecule has 0 spiro atoms. The largest absolute Gasteiger partial charge is 0.381 e. The summed E-state index contributed by atoms with van der Waals surface area (Å²) in [7, 11) is 0. The molecule has 3 N–H and O–H groups in total. The number of rotatable bonds is 5. The highest BCUT2D eigenvalue weighted by atomic mass is 16.5. The van der Waals surface area contributed by atoms with Gasteiger partial charge in [-0.15, -0.1) is 0 Å². The molecular weight excluding hydrogens is 288 g/mol. The Bertz CT molecular complexity index is 499. The van der Waals surface area contributed by atoms with Crippen molar-refractivity contribution in [1.82, 2.24) is 5.32 Å². The first-order valence-electron chi connectivity index (χ1n) is 8.58. The number of amides is 1. The highest BCUT2D eigenvalue weighted by Crippen LogP contribution is 2.22. The Morgan fingerprint density at radius 2 is 1.87 bits per heavy atom. The molecule has 1 saturated heterocycles. The van der Waals surface area contributed by atoms with E-state index in [1.807, 2.05) is 0 Å². The second-order valence-electron chi connectivity index (χ2n) is 7.46. The van der Waals surface area contributed by atoms with E-state index in [4.69, 9.17) is 10.5 Å². The van der Waals surface area contributed by atoms with Gasteiger partial charge in [-0.05, 0) is 41.7 Å². The van der Waals surface area contributed by atoms with Crippen LogP contribution in [0.25, 0.3) is 0 Å². The number of benzene rings is 1. The Balaban J connectivity index is 1.76. The molecule has 1 fully saturated rings. The Labute approximate surface area is 139 Å². The zero-order valence-corrected chi connectivity index (χ0v) is 14.6. The van der Waals surface area contributed by atoms with Crippen molar-refractivity contribution in [1.29, 1.82) is 0 Å². The van der Waals surface area contributed by atoms with E-state index in [2.05, 4.69) is 50.4 Å². The first-order chi connectivity index (χ1) is 10.9. The van der Waals surface area contributed by atoms with Gasteiger partial charge in [0, 0.05) is 19.8 Å². The first-order valence-corrected chi connectivity index (χ1v) is 8.58. The minimum Gasteiger partial charge on any atom is -0.381 e. The SMILES string of the molecule is CC(C)(C)c1ccc(CCNC(=O)C(N)C2CCOCC2)cc1. The van der Waals surface area contributed by atoms with Crippen LogP contribution in [0.1, 0.15) is 44.7 Å². The van der Waals surface area contributed by atoms with Crippen molar-refractivity contribution in [2.24, 2.45) is 11.7 Å². The summed E-state index contributed by atoms with van der Waals surface area (Å²) >= 11 is 0. The molecule has 1 heterocycles. The van der Waals surface area contributed by atoms with Crippen LogP contribution in [0, 0.1) is 5.92 Å². The van der Waals surface area contributed by atoms with E-state index in [0.29, 0.717) is 19.8 Å². The van der Waals surface area contributed by atoms with Crippen LogP contribution in [-0.4, -0.2) is 31.7 Å². The van der Waals surface area contributed by atoms with Crippen LogP contribution >= 0.6 is 0 Å². The molecule has 2 rings (SSSR count). The average Bonchev–Trinajstić information content (AvgIpc) is 2.54. The standard InChI is InChI=1S/C19H30N2O2/c1-19(2,3)16-6-4-14(5-7-16)8-11-21-18(22)17(20)15-9-12-23-13-10-15/h4-7,15,17H,8-13,20H2,1-3H3,(H,21,22). The predicted molar refractivity (Wildman–Crippen MR) is 93.4 cm³/mol. The van der Waals surface area contributed by atoms with Gasteiger partial charge >= 0.3 is 0 Å². The smallest absolute Gasteiger partial charge is 0.237 e. The summed E-state index contributed by atoms with van der Waals surface area (Å²) in [5.74, 6) is 0.207. The number of nitrogens with one attached hydrogen (secondary N) is 1. The number of carbonyl (C=O) groups excluding carboxylic acids is 1. The van der Waals surface area contributed by atoms with Gasteiger partial charge < -0.3 is 15.8 Å². The predicted octanol–water partition coefficient (Wildman–Crippen LogP) is 2.40. The monoisotopic (exact) mass is 318 g/mol. The molecule has 0 saturated carbocycles. The molecule has 1 aliphatic heterocycles. The quantitative estimate of drug-likeness (QED) is 0.876. The van der Waals surface area contributed by atoms with Crippen LogP contribution in [0.3, 0.4) is 0 Å². The summed E-state index contributed by atoms with van der Waals surface area (Å²) in [4.78, 5) is 12.1. The zero-order chi connectivity index (χ0) is 16.9. The number of hydrogen-bond acceptors (Lipinski definition) is 3. The summed E-state index contributed by atoms with van der Waals surface area (Å²) in [6.45, 7) is 8.68. The lowest BCUT2D eigenvalue weighted by Crippen LogP contribution is -2.47. The molecule has 1 aromatic carbocycles. The highest BCUT2D eigenvalue weighted by Gasteiger charge is 2.26. The molecule has 1 aromatic rings. The van der Waals surface area contributed by atoms with Gasteiger partial charge in [0.2, 0.25) is 5.91 Å². The van der Waals surface area contributed by atoms with E-state index < -0.39 is 6.04 Å². The van der Waals surface area contributed by atoms with Gasteiger partial charge in [-0.25, -0.2) is 0 Å². The molecule has 4 nitrogen and oxygen atoms in total. The molecule has 128 valence electrons. The minimum atomic E-state index is -0.415. The molecule has 1 aliphatic rings. The van der Waals surface area contributed by atoms with Crippen molar-refractivity contribution in [2.75, 3.05) is 19.8 Å². The van der Waals surface area contributed by atoms with Crippen molar-refractivity contribution in [3.05, 3.63) is 35.4 Å². The molecule has 0 aromatic heterocycles. The number of ether oxygens (including phenoxy) is 1. The lowest BCUT2D eigenvalue weighted by molar-refractivity contribution is -0.124. The van der Waals surface area contributed by atoms with Crippen LogP contribution in [0.2, 0.25) is 0 Å². The molecule has 0 aliphatic carbocycles. The van der Waals surface area contributed by atoms with Crippen molar-refractivity contribution in [2.45, 2.75) is 51.5 Å². The molecule has 1 unspecified atom stereocenters. The third kappa shape index (κ3) is 5.33. The molecular formula is C19H30N2O2. The summed E-state index contributed by atoms with van der Waals surface area (Å²) in [6.07, 6.45) is 2.59. The maximum atomic E-state index is 12.1. The van der Waals surface area contributed by atoms with E-state index in [1.165, 1.54) is 11.1 Å². The van der Waals surface area contributed by atoms with E-state index >= 15 is 0 Å². The molecule has 1 atom stereocenters. The fourth-order valence-electron chi connectivity index (χ4n) is 2.91. The van der Waals surface area contributed by atoms with Crippen LogP contribution in [0.15, 0.2) is 24.3 Å². The fraction of sp³-hybridized carbons (Fsp3) is 0.632. The number of hydrogen-bond donors (Lipinski definition) is 2. The minimum absolute atomic E-state index is 0.0387.